The van der Waals surface area contributed by atoms with Crippen molar-refractivity contribution in [1.29, 1.82) is 0 Å². The van der Waals surface area contributed by atoms with Crippen LogP contribution >= 0.6 is 0 Å². The van der Waals surface area contributed by atoms with Gasteiger partial charge in [-0.15, -0.1) is 11.7 Å². The van der Waals surface area contributed by atoms with E-state index in [0.29, 0.717) is 5.69 Å². The number of rotatable bonds is 2. The molecular formula is C12H13F3N-. The summed E-state index contributed by atoms with van der Waals surface area (Å²) in [5, 5.41) is 4.33. The fourth-order valence-electron chi connectivity index (χ4n) is 2.01. The van der Waals surface area contributed by atoms with Crippen molar-refractivity contribution in [2.24, 2.45) is 0 Å². The van der Waals surface area contributed by atoms with Gasteiger partial charge in [0.2, 0.25) is 0 Å². The van der Waals surface area contributed by atoms with Crippen molar-refractivity contribution in [1.82, 2.24) is 0 Å². The highest BCUT2D eigenvalue weighted by molar-refractivity contribution is 5.52. The van der Waals surface area contributed by atoms with E-state index in [1.165, 1.54) is 6.07 Å². The van der Waals surface area contributed by atoms with Gasteiger partial charge in [-0.1, -0.05) is 49.9 Å². The number of benzene rings is 1. The Morgan fingerprint density at radius 1 is 1.12 bits per heavy atom. The van der Waals surface area contributed by atoms with Crippen molar-refractivity contribution < 1.29 is 13.2 Å². The molecule has 1 aliphatic carbocycles. The van der Waals surface area contributed by atoms with Crippen molar-refractivity contribution in [3.63, 3.8) is 0 Å². The molecule has 0 bridgehead atoms. The Morgan fingerprint density at radius 3 is 2.44 bits per heavy atom. The fourth-order valence-corrected chi connectivity index (χ4v) is 2.01. The summed E-state index contributed by atoms with van der Waals surface area (Å²) in [6.45, 7) is 0. The van der Waals surface area contributed by atoms with Crippen LogP contribution in [-0.4, -0.2) is 6.04 Å². The van der Waals surface area contributed by atoms with Crippen LogP contribution in [0.4, 0.5) is 18.9 Å². The quantitative estimate of drug-likeness (QED) is 0.699. The zero-order valence-electron chi connectivity index (χ0n) is 8.80. The number of hydrogen-bond donors (Lipinski definition) is 0. The zero-order valence-corrected chi connectivity index (χ0v) is 8.80. The van der Waals surface area contributed by atoms with Crippen molar-refractivity contribution >= 4 is 5.69 Å². The van der Waals surface area contributed by atoms with E-state index < -0.39 is 11.7 Å². The maximum absolute atomic E-state index is 12.4. The summed E-state index contributed by atoms with van der Waals surface area (Å²) in [6.07, 6.45) is -0.0199. The maximum Gasteiger partial charge on any atom is 0.416 e. The van der Waals surface area contributed by atoms with Gasteiger partial charge in [0, 0.05) is 0 Å². The van der Waals surface area contributed by atoms with Gasteiger partial charge in [-0.25, -0.2) is 0 Å². The summed E-state index contributed by atoms with van der Waals surface area (Å²) in [5.41, 5.74) is -0.173. The lowest BCUT2D eigenvalue weighted by Crippen LogP contribution is -2.04. The van der Waals surface area contributed by atoms with Gasteiger partial charge in [-0.3, -0.25) is 0 Å². The van der Waals surface area contributed by atoms with Crippen LogP contribution in [-0.2, 0) is 6.18 Å². The Labute approximate surface area is 92.7 Å². The molecule has 0 spiro atoms. The zero-order chi connectivity index (χ0) is 11.6. The van der Waals surface area contributed by atoms with E-state index in [1.807, 2.05) is 0 Å². The van der Waals surface area contributed by atoms with E-state index in [0.717, 1.165) is 37.8 Å². The predicted molar refractivity (Wildman–Crippen MR) is 56.7 cm³/mol. The molecule has 0 N–H and O–H groups in total. The molecule has 4 heteroatoms. The molecule has 1 fully saturated rings. The molecule has 0 aromatic heterocycles. The molecule has 1 aromatic rings. The van der Waals surface area contributed by atoms with Crippen LogP contribution < -0.4 is 0 Å². The summed E-state index contributed by atoms with van der Waals surface area (Å²) >= 11 is 0. The van der Waals surface area contributed by atoms with Gasteiger partial charge < -0.3 is 5.32 Å². The second-order valence-electron chi connectivity index (χ2n) is 4.12. The number of nitrogens with zero attached hydrogens (tertiary/aromatic N) is 1. The van der Waals surface area contributed by atoms with E-state index in [4.69, 9.17) is 0 Å². The first-order valence-corrected chi connectivity index (χ1v) is 5.44. The van der Waals surface area contributed by atoms with Gasteiger partial charge in [-0.05, 0) is 0 Å². The second kappa shape index (κ2) is 4.36. The molecule has 1 nitrogen and oxygen atoms in total. The predicted octanol–water partition coefficient (Wildman–Crippen LogP) is 4.65. The summed E-state index contributed by atoms with van der Waals surface area (Å²) in [6, 6.07) is 5.46. The van der Waals surface area contributed by atoms with Gasteiger partial charge in [0.25, 0.3) is 0 Å². The molecule has 88 valence electrons. The highest BCUT2D eigenvalue weighted by atomic mass is 19.4. The van der Waals surface area contributed by atoms with Gasteiger partial charge in [0.1, 0.15) is 0 Å². The average Bonchev–Trinajstić information content (AvgIpc) is 2.70. The third kappa shape index (κ3) is 2.68. The SMILES string of the molecule is FC(F)(F)c1cccc([N-]C2CCCC2)c1. The van der Waals surface area contributed by atoms with E-state index >= 15 is 0 Å². The van der Waals surface area contributed by atoms with Crippen molar-refractivity contribution in [3.05, 3.63) is 35.1 Å². The molecule has 0 amide bonds. The van der Waals surface area contributed by atoms with Crippen molar-refractivity contribution in [3.8, 4) is 0 Å². The number of halogens is 3. The van der Waals surface area contributed by atoms with Gasteiger partial charge in [-0.2, -0.15) is 13.2 Å². The molecule has 0 radical (unpaired) electrons. The maximum atomic E-state index is 12.4. The summed E-state index contributed by atoms with van der Waals surface area (Å²) in [4.78, 5) is 0. The molecule has 16 heavy (non-hydrogen) atoms. The highest BCUT2D eigenvalue weighted by Gasteiger charge is 2.29. The van der Waals surface area contributed by atoms with E-state index in [2.05, 4.69) is 5.32 Å². The minimum atomic E-state index is -4.28. The van der Waals surface area contributed by atoms with Gasteiger partial charge >= 0.3 is 6.18 Å². The van der Waals surface area contributed by atoms with Crippen LogP contribution in [0.1, 0.15) is 31.2 Å². The summed E-state index contributed by atoms with van der Waals surface area (Å²) in [7, 11) is 0. The Kier molecular flexibility index (Phi) is 3.08. The Balaban J connectivity index is 2.09. The molecular weight excluding hydrogens is 215 g/mol. The van der Waals surface area contributed by atoms with Crippen LogP contribution in [0.5, 0.6) is 0 Å². The lowest BCUT2D eigenvalue weighted by Gasteiger charge is -2.29. The Morgan fingerprint density at radius 2 is 1.81 bits per heavy atom. The minimum Gasteiger partial charge on any atom is -0.682 e. The van der Waals surface area contributed by atoms with Crippen LogP contribution in [0.2, 0.25) is 0 Å². The molecule has 2 rings (SSSR count). The smallest absolute Gasteiger partial charge is 0.416 e. The molecule has 0 atom stereocenters. The topological polar surface area (TPSA) is 14.1 Å². The lowest BCUT2D eigenvalue weighted by atomic mass is 10.1. The third-order valence-corrected chi connectivity index (χ3v) is 2.83. The molecule has 1 saturated carbocycles. The van der Waals surface area contributed by atoms with Gasteiger partial charge in [0.15, 0.2) is 0 Å². The molecule has 0 unspecified atom stereocenters. The third-order valence-electron chi connectivity index (χ3n) is 2.83. The van der Waals surface area contributed by atoms with Crippen LogP contribution in [0.15, 0.2) is 24.3 Å². The Hall–Kier alpha value is -1.19. The van der Waals surface area contributed by atoms with Crippen molar-refractivity contribution in [2.45, 2.75) is 37.9 Å². The van der Waals surface area contributed by atoms with E-state index in [9.17, 15) is 13.2 Å². The molecule has 0 saturated heterocycles. The van der Waals surface area contributed by atoms with Crippen LogP contribution in [0.3, 0.4) is 0 Å². The largest absolute Gasteiger partial charge is 0.682 e. The normalized spacial score (nSPS) is 17.7. The molecule has 0 heterocycles. The second-order valence-corrected chi connectivity index (χ2v) is 4.12. The highest BCUT2D eigenvalue weighted by Crippen LogP contribution is 2.35. The minimum absolute atomic E-state index is 0.212. The molecule has 0 aliphatic heterocycles. The van der Waals surface area contributed by atoms with Crippen LogP contribution in [0, 0.1) is 0 Å². The van der Waals surface area contributed by atoms with E-state index in [-0.39, 0.29) is 6.04 Å². The number of alkyl halides is 3. The lowest BCUT2D eigenvalue weighted by molar-refractivity contribution is -0.137. The number of hydrogen-bond acceptors (Lipinski definition) is 0. The first kappa shape index (κ1) is 11.3. The van der Waals surface area contributed by atoms with Gasteiger partial charge in [0.05, 0.1) is 5.56 Å². The molecule has 1 aromatic carbocycles. The first-order chi connectivity index (χ1) is 7.55. The van der Waals surface area contributed by atoms with Crippen LogP contribution in [0.25, 0.3) is 5.32 Å². The first-order valence-electron chi connectivity index (χ1n) is 5.44. The fraction of sp³-hybridized carbons (Fsp3) is 0.500. The summed E-state index contributed by atoms with van der Waals surface area (Å²) < 4.78 is 37.3. The Bertz CT molecular complexity index is 354. The average molecular weight is 228 g/mol. The molecule has 1 aliphatic rings. The van der Waals surface area contributed by atoms with E-state index in [1.54, 1.807) is 6.07 Å². The van der Waals surface area contributed by atoms with Crippen molar-refractivity contribution in [2.75, 3.05) is 0 Å². The summed E-state index contributed by atoms with van der Waals surface area (Å²) in [5.74, 6) is 0. The monoisotopic (exact) mass is 228 g/mol. The standard InChI is InChI=1S/C12H13F3N/c13-12(14,15)9-4-3-7-11(8-9)16-10-5-1-2-6-10/h3-4,7-8,10H,1-2,5-6H2/q-1.